The van der Waals surface area contributed by atoms with Gasteiger partial charge in [-0.25, -0.2) is 8.42 Å². The number of carbonyl (C=O) groups is 2. The lowest BCUT2D eigenvalue weighted by Gasteiger charge is -2.32. The van der Waals surface area contributed by atoms with Crippen molar-refractivity contribution in [3.05, 3.63) is 88.9 Å². The van der Waals surface area contributed by atoms with Crippen molar-refractivity contribution in [3.8, 4) is 5.75 Å². The minimum absolute atomic E-state index is 0.00505. The molecule has 8 nitrogen and oxygen atoms in total. The smallest absolute Gasteiger partial charge is 0.264 e. The maximum absolute atomic E-state index is 13.9. The molecular weight excluding hydrogens is 550 g/mol. The molecule has 0 aromatic heterocycles. The molecule has 0 bridgehead atoms. The quantitative estimate of drug-likeness (QED) is 0.316. The maximum atomic E-state index is 13.9. The molecule has 0 fully saturated rings. The number of methoxy groups -OCH3 is 1. The molecule has 0 radical (unpaired) electrons. The maximum Gasteiger partial charge on any atom is 0.264 e. The van der Waals surface area contributed by atoms with Crippen molar-refractivity contribution in [1.29, 1.82) is 0 Å². The average Bonchev–Trinajstić information content (AvgIpc) is 2.95. The summed E-state index contributed by atoms with van der Waals surface area (Å²) in [5.41, 5.74) is 2.03. The third kappa shape index (κ3) is 7.76. The number of benzene rings is 3. The first kappa shape index (κ1) is 31.0. The molecule has 0 heterocycles. The summed E-state index contributed by atoms with van der Waals surface area (Å²) < 4.78 is 33.9. The molecule has 0 unspecified atom stereocenters. The highest BCUT2D eigenvalue weighted by Crippen LogP contribution is 2.26. The van der Waals surface area contributed by atoms with Crippen LogP contribution in [0.2, 0.25) is 5.02 Å². The van der Waals surface area contributed by atoms with Crippen LogP contribution in [0.3, 0.4) is 0 Å². The van der Waals surface area contributed by atoms with Crippen LogP contribution < -0.4 is 14.4 Å². The lowest BCUT2D eigenvalue weighted by Crippen LogP contribution is -2.52. The first-order valence-corrected chi connectivity index (χ1v) is 14.9. The molecule has 3 rings (SSSR count). The first-order chi connectivity index (χ1) is 19.0. The van der Waals surface area contributed by atoms with E-state index < -0.39 is 28.5 Å². The first-order valence-electron chi connectivity index (χ1n) is 13.0. The fourth-order valence-corrected chi connectivity index (χ4v) is 5.49. The second-order valence-electron chi connectivity index (χ2n) is 9.66. The lowest BCUT2D eigenvalue weighted by atomic mass is 10.1. The Hall–Kier alpha value is -3.56. The Labute approximate surface area is 241 Å². The predicted octanol–water partition coefficient (Wildman–Crippen LogP) is 5.18. The van der Waals surface area contributed by atoms with Gasteiger partial charge in [0.25, 0.3) is 10.0 Å². The summed E-state index contributed by atoms with van der Waals surface area (Å²) in [6.45, 7) is 6.96. The topological polar surface area (TPSA) is 96.0 Å². The van der Waals surface area contributed by atoms with Gasteiger partial charge in [0, 0.05) is 17.6 Å². The van der Waals surface area contributed by atoms with Crippen LogP contribution in [0.25, 0.3) is 0 Å². The Morgan fingerprint density at radius 3 is 2.10 bits per heavy atom. The molecule has 1 N–H and O–H groups in total. The largest absolute Gasteiger partial charge is 0.497 e. The second-order valence-corrected chi connectivity index (χ2v) is 12.0. The highest BCUT2D eigenvalue weighted by molar-refractivity contribution is 7.92. The Morgan fingerprint density at radius 2 is 1.55 bits per heavy atom. The number of halogens is 1. The molecule has 0 aliphatic carbocycles. The van der Waals surface area contributed by atoms with Crippen LogP contribution >= 0.6 is 11.6 Å². The van der Waals surface area contributed by atoms with Gasteiger partial charge in [-0.3, -0.25) is 13.9 Å². The van der Waals surface area contributed by atoms with E-state index in [1.807, 2.05) is 20.8 Å². The highest BCUT2D eigenvalue weighted by atomic mass is 35.5. The fourth-order valence-electron chi connectivity index (χ4n) is 3.95. The molecule has 3 aromatic carbocycles. The molecule has 0 spiro atoms. The normalized spacial score (nSPS) is 12.8. The third-order valence-electron chi connectivity index (χ3n) is 6.68. The Balaban J connectivity index is 2.01. The minimum Gasteiger partial charge on any atom is -0.497 e. The third-order valence-corrected chi connectivity index (χ3v) is 8.72. The lowest BCUT2D eigenvalue weighted by molar-refractivity contribution is -0.139. The molecule has 214 valence electrons. The molecule has 2 atom stereocenters. The number of rotatable bonds is 12. The molecule has 2 amide bonds. The Bertz CT molecular complexity index is 1390. The van der Waals surface area contributed by atoms with Gasteiger partial charge in [0.15, 0.2) is 0 Å². The van der Waals surface area contributed by atoms with E-state index in [-0.39, 0.29) is 23.4 Å². The number of nitrogens with one attached hydrogen (secondary N) is 1. The summed E-state index contributed by atoms with van der Waals surface area (Å²) >= 11 is 5.99. The van der Waals surface area contributed by atoms with Crippen LogP contribution in [-0.2, 0) is 26.2 Å². The number of hydrogen-bond acceptors (Lipinski definition) is 5. The fraction of sp³-hybridized carbons (Fsp3) is 0.333. The van der Waals surface area contributed by atoms with Gasteiger partial charge in [0.05, 0.1) is 17.7 Å². The number of amides is 2. The average molecular weight is 586 g/mol. The molecule has 10 heteroatoms. The van der Waals surface area contributed by atoms with Gasteiger partial charge >= 0.3 is 0 Å². The Morgan fingerprint density at radius 1 is 0.950 bits per heavy atom. The number of hydrogen-bond donors (Lipinski definition) is 1. The SMILES string of the molecule is CC[C@@H](C)NC(=O)[C@H](C)N(Cc1ccc(OC)cc1)C(=O)CN(c1ccc(C)cc1)S(=O)(=O)c1ccc(Cl)cc1. The van der Waals surface area contributed by atoms with Crippen LogP contribution in [0.1, 0.15) is 38.3 Å². The van der Waals surface area contributed by atoms with Gasteiger partial charge in [0.2, 0.25) is 11.8 Å². The van der Waals surface area contributed by atoms with E-state index in [1.54, 1.807) is 62.6 Å². The van der Waals surface area contributed by atoms with Crippen molar-refractivity contribution in [3.63, 3.8) is 0 Å². The molecule has 3 aromatic rings. The number of anilines is 1. The summed E-state index contributed by atoms with van der Waals surface area (Å²) in [6, 6.07) is 18.9. The molecule has 0 saturated carbocycles. The van der Waals surface area contributed by atoms with Crippen LogP contribution in [0.4, 0.5) is 5.69 Å². The van der Waals surface area contributed by atoms with Crippen LogP contribution in [0, 0.1) is 6.92 Å². The van der Waals surface area contributed by atoms with Gasteiger partial charge in [-0.2, -0.15) is 0 Å². The van der Waals surface area contributed by atoms with E-state index in [2.05, 4.69) is 5.32 Å². The van der Waals surface area contributed by atoms with Crippen LogP contribution in [0.15, 0.2) is 77.7 Å². The second kappa shape index (κ2) is 13.7. The van der Waals surface area contributed by atoms with Crippen molar-refractivity contribution < 1.29 is 22.7 Å². The minimum atomic E-state index is -4.15. The van der Waals surface area contributed by atoms with Gasteiger partial charge in [-0.05, 0) is 81.3 Å². The van der Waals surface area contributed by atoms with Crippen molar-refractivity contribution in [2.45, 2.75) is 57.6 Å². The number of carbonyl (C=O) groups excluding carboxylic acids is 2. The number of sulfonamides is 1. The van der Waals surface area contributed by atoms with Gasteiger partial charge in [-0.15, -0.1) is 0 Å². The van der Waals surface area contributed by atoms with Crippen molar-refractivity contribution >= 4 is 39.1 Å². The summed E-state index contributed by atoms with van der Waals surface area (Å²) in [5.74, 6) is -0.191. The molecule has 0 saturated heterocycles. The van der Waals surface area contributed by atoms with E-state index >= 15 is 0 Å². The van der Waals surface area contributed by atoms with Crippen LogP contribution in [-0.4, -0.2) is 50.9 Å². The number of ether oxygens (including phenoxy) is 1. The van der Waals surface area contributed by atoms with Crippen LogP contribution in [0.5, 0.6) is 5.75 Å². The Kier molecular flexibility index (Phi) is 10.6. The predicted molar refractivity (Wildman–Crippen MR) is 158 cm³/mol. The van der Waals surface area contributed by atoms with Gasteiger partial charge < -0.3 is 15.0 Å². The van der Waals surface area contributed by atoms with Crippen molar-refractivity contribution in [2.75, 3.05) is 18.0 Å². The van der Waals surface area contributed by atoms with Crippen molar-refractivity contribution in [2.24, 2.45) is 0 Å². The van der Waals surface area contributed by atoms with Gasteiger partial charge in [0.1, 0.15) is 18.3 Å². The summed E-state index contributed by atoms with van der Waals surface area (Å²) in [7, 11) is -2.59. The highest BCUT2D eigenvalue weighted by Gasteiger charge is 2.32. The zero-order chi connectivity index (χ0) is 29.4. The molecule has 0 aliphatic heterocycles. The molecular formula is C30H36ClN3O5S. The molecule has 40 heavy (non-hydrogen) atoms. The van der Waals surface area contributed by atoms with E-state index in [0.717, 1.165) is 21.9 Å². The summed E-state index contributed by atoms with van der Waals surface area (Å²) in [6.07, 6.45) is 0.728. The zero-order valence-corrected chi connectivity index (χ0v) is 25.0. The van der Waals surface area contributed by atoms with Gasteiger partial charge in [-0.1, -0.05) is 48.4 Å². The standard InChI is InChI=1S/C30H36ClN3O5S/c1-6-22(3)32-30(36)23(4)33(19-24-9-15-27(39-5)16-10-24)29(35)20-34(26-13-7-21(2)8-14-26)40(37,38)28-17-11-25(31)12-18-28/h7-18,22-23H,6,19-20H2,1-5H3,(H,32,36)/t22-,23+/m1/s1. The van der Waals surface area contributed by atoms with E-state index in [1.165, 1.54) is 29.2 Å². The zero-order valence-electron chi connectivity index (χ0n) is 23.4. The summed E-state index contributed by atoms with van der Waals surface area (Å²) in [4.78, 5) is 28.5. The van der Waals surface area contributed by atoms with E-state index in [0.29, 0.717) is 16.5 Å². The van der Waals surface area contributed by atoms with Crippen molar-refractivity contribution in [1.82, 2.24) is 10.2 Å². The molecule has 0 aliphatic rings. The number of nitrogens with zero attached hydrogens (tertiary/aromatic N) is 2. The van der Waals surface area contributed by atoms with E-state index in [9.17, 15) is 18.0 Å². The summed E-state index contributed by atoms with van der Waals surface area (Å²) in [5, 5.41) is 3.32. The monoisotopic (exact) mass is 585 g/mol. The van der Waals surface area contributed by atoms with E-state index in [4.69, 9.17) is 16.3 Å². The number of aryl methyl sites for hydroxylation is 1.